The molecule has 36 heavy (non-hydrogen) atoms. The number of phosphoric acid groups is 1. The van der Waals surface area contributed by atoms with Gasteiger partial charge in [0.25, 0.3) is 0 Å². The first-order valence-electron chi connectivity index (χ1n) is 11.8. The second kappa shape index (κ2) is 13.1. The van der Waals surface area contributed by atoms with Gasteiger partial charge in [-0.05, 0) is 86.1 Å². The molecule has 10 heteroatoms. The Hall–Kier alpha value is -2.52. The monoisotopic (exact) mass is 521 g/mol. The van der Waals surface area contributed by atoms with Crippen LogP contribution >= 0.6 is 7.82 Å². The average Bonchev–Trinajstić information content (AvgIpc) is 3.40. The minimum absolute atomic E-state index is 0.227. The van der Waals surface area contributed by atoms with E-state index in [4.69, 9.17) is 24.7 Å². The molecule has 5 N–H and O–H groups in total. The van der Waals surface area contributed by atoms with Gasteiger partial charge in [-0.2, -0.15) is 0 Å². The smallest absolute Gasteiger partial charge is 0.469 e. The summed E-state index contributed by atoms with van der Waals surface area (Å²) < 4.78 is 40.1. The van der Waals surface area contributed by atoms with Crippen molar-refractivity contribution in [1.82, 2.24) is 0 Å². The number of phosphoric ester groups is 1. The molecule has 0 bridgehead atoms. The highest BCUT2D eigenvalue weighted by Crippen LogP contribution is 2.37. The maximum absolute atomic E-state index is 13.0. The fourth-order valence-corrected chi connectivity index (χ4v) is 4.15. The molecule has 1 unspecified atom stereocenters. The van der Waals surface area contributed by atoms with E-state index in [9.17, 15) is 14.1 Å². The van der Waals surface area contributed by atoms with Crippen molar-refractivity contribution < 1.29 is 37.5 Å². The van der Waals surface area contributed by atoms with Crippen molar-refractivity contribution in [3.05, 3.63) is 77.8 Å². The zero-order valence-electron chi connectivity index (χ0n) is 20.0. The second-order valence-electron chi connectivity index (χ2n) is 8.88. The standard InChI is InChI=1S/C26H33FNO7P/c27-22-10-7-20(8-11-22)5-2-1-3-15-33-25-12-9-21(17-23(25)24-6-4-16-34-24)13-14-26(28,18-29)19-35-36(30,31)32/h4,6-12,16-17,29H,1-3,5,13-15,18-19,28H2,(H2,30,31,32). The Balaban J connectivity index is 1.55. The van der Waals surface area contributed by atoms with Crippen molar-refractivity contribution in [1.29, 1.82) is 0 Å². The zero-order chi connectivity index (χ0) is 26.0. The summed E-state index contributed by atoms with van der Waals surface area (Å²) in [6.45, 7) is -0.422. The van der Waals surface area contributed by atoms with Crippen LogP contribution < -0.4 is 10.5 Å². The number of aryl methyl sites for hydroxylation is 2. The molecule has 0 spiro atoms. The van der Waals surface area contributed by atoms with Crippen molar-refractivity contribution in [3.63, 3.8) is 0 Å². The lowest BCUT2D eigenvalue weighted by molar-refractivity contribution is 0.102. The molecule has 0 saturated carbocycles. The third-order valence-corrected chi connectivity index (χ3v) is 6.32. The van der Waals surface area contributed by atoms with Crippen LogP contribution in [0.5, 0.6) is 5.75 Å². The molecule has 0 aliphatic rings. The molecule has 0 fully saturated rings. The Kier molecular flexibility index (Phi) is 10.2. The van der Waals surface area contributed by atoms with Gasteiger partial charge in [0.1, 0.15) is 17.3 Å². The van der Waals surface area contributed by atoms with Crippen LogP contribution in [0.1, 0.15) is 36.8 Å². The highest BCUT2D eigenvalue weighted by Gasteiger charge is 2.28. The summed E-state index contributed by atoms with van der Waals surface area (Å²) in [7, 11) is -4.69. The van der Waals surface area contributed by atoms with Gasteiger partial charge in [-0.15, -0.1) is 0 Å². The van der Waals surface area contributed by atoms with Gasteiger partial charge in [0.15, 0.2) is 0 Å². The van der Waals surface area contributed by atoms with Crippen molar-refractivity contribution >= 4 is 7.82 Å². The van der Waals surface area contributed by atoms with Gasteiger partial charge in [0.2, 0.25) is 0 Å². The molecular formula is C26H33FNO7P. The van der Waals surface area contributed by atoms with Crippen LogP contribution in [-0.4, -0.2) is 40.3 Å². The molecule has 8 nitrogen and oxygen atoms in total. The first-order chi connectivity index (χ1) is 17.2. The van der Waals surface area contributed by atoms with Gasteiger partial charge in [-0.25, -0.2) is 8.96 Å². The molecule has 0 radical (unpaired) electrons. The Bertz CT molecular complexity index is 1120. The fraction of sp³-hybridized carbons (Fsp3) is 0.385. The highest BCUT2D eigenvalue weighted by atomic mass is 31.2. The van der Waals surface area contributed by atoms with Gasteiger partial charge in [-0.1, -0.05) is 18.2 Å². The summed E-state index contributed by atoms with van der Waals surface area (Å²) in [4.78, 5) is 17.9. The van der Waals surface area contributed by atoms with E-state index in [1.165, 1.54) is 12.1 Å². The third-order valence-electron chi connectivity index (χ3n) is 5.86. The van der Waals surface area contributed by atoms with Crippen LogP contribution in [0.25, 0.3) is 11.3 Å². The molecule has 1 aromatic heterocycles. The summed E-state index contributed by atoms with van der Waals surface area (Å²) >= 11 is 0. The molecule has 0 saturated heterocycles. The SMILES string of the molecule is NC(CO)(CCc1ccc(OCCCCCc2ccc(F)cc2)c(-c2ccco2)c1)COP(=O)(O)O. The number of nitrogens with two attached hydrogens (primary N) is 1. The van der Waals surface area contributed by atoms with Crippen molar-refractivity contribution in [2.75, 3.05) is 19.8 Å². The van der Waals surface area contributed by atoms with E-state index in [2.05, 4.69) is 4.52 Å². The van der Waals surface area contributed by atoms with E-state index in [-0.39, 0.29) is 12.2 Å². The van der Waals surface area contributed by atoms with Crippen LogP contribution in [0.3, 0.4) is 0 Å². The van der Waals surface area contributed by atoms with E-state index in [0.29, 0.717) is 24.5 Å². The molecule has 0 aliphatic carbocycles. The number of hydrogen-bond donors (Lipinski definition) is 4. The van der Waals surface area contributed by atoms with Gasteiger partial charge in [-0.3, -0.25) is 4.52 Å². The summed E-state index contributed by atoms with van der Waals surface area (Å²) in [6, 6.07) is 15.9. The van der Waals surface area contributed by atoms with E-state index >= 15 is 0 Å². The number of benzene rings is 2. The molecule has 1 atom stereocenters. The van der Waals surface area contributed by atoms with E-state index in [0.717, 1.165) is 42.4 Å². The number of ether oxygens (including phenoxy) is 1. The van der Waals surface area contributed by atoms with E-state index < -0.39 is 26.6 Å². The summed E-state index contributed by atoms with van der Waals surface area (Å²) in [5.41, 5.74) is 7.58. The number of unbranched alkanes of at least 4 members (excludes halogenated alkanes) is 2. The van der Waals surface area contributed by atoms with Gasteiger partial charge >= 0.3 is 7.82 Å². The van der Waals surface area contributed by atoms with Crippen LogP contribution in [-0.2, 0) is 21.9 Å². The number of aliphatic hydroxyl groups is 1. The zero-order valence-corrected chi connectivity index (χ0v) is 20.9. The number of furan rings is 1. The van der Waals surface area contributed by atoms with Crippen LogP contribution in [0.15, 0.2) is 65.3 Å². The van der Waals surface area contributed by atoms with E-state index in [1.807, 2.05) is 36.4 Å². The highest BCUT2D eigenvalue weighted by molar-refractivity contribution is 7.46. The molecule has 1 heterocycles. The predicted octanol–water partition coefficient (Wildman–Crippen LogP) is 4.61. The fourth-order valence-electron chi connectivity index (χ4n) is 3.73. The molecule has 0 amide bonds. The third kappa shape index (κ3) is 9.17. The molecule has 196 valence electrons. The quantitative estimate of drug-likeness (QED) is 0.168. The molecule has 2 aromatic carbocycles. The first kappa shape index (κ1) is 28.1. The number of rotatable bonds is 15. The van der Waals surface area contributed by atoms with Gasteiger partial charge in [0, 0.05) is 0 Å². The number of aliphatic hydroxyl groups excluding tert-OH is 1. The topological polar surface area (TPSA) is 135 Å². The maximum atomic E-state index is 13.0. The number of halogens is 1. The lowest BCUT2D eigenvalue weighted by Crippen LogP contribution is -2.48. The Morgan fingerprint density at radius 1 is 1.00 bits per heavy atom. The Labute approximate surface area is 210 Å². The lowest BCUT2D eigenvalue weighted by Gasteiger charge is -2.27. The lowest BCUT2D eigenvalue weighted by atomic mass is 9.93. The Morgan fingerprint density at radius 3 is 2.42 bits per heavy atom. The van der Waals surface area contributed by atoms with Gasteiger partial charge < -0.3 is 29.8 Å². The van der Waals surface area contributed by atoms with Crippen LogP contribution in [0.2, 0.25) is 0 Å². The molecule has 0 aliphatic heterocycles. The first-order valence-corrected chi connectivity index (χ1v) is 13.3. The largest absolute Gasteiger partial charge is 0.493 e. The van der Waals surface area contributed by atoms with Crippen LogP contribution in [0.4, 0.5) is 4.39 Å². The van der Waals surface area contributed by atoms with E-state index in [1.54, 1.807) is 12.3 Å². The average molecular weight is 522 g/mol. The minimum atomic E-state index is -4.69. The summed E-state index contributed by atoms with van der Waals surface area (Å²) in [5.74, 6) is 1.10. The maximum Gasteiger partial charge on any atom is 0.469 e. The van der Waals surface area contributed by atoms with Crippen LogP contribution in [0, 0.1) is 5.82 Å². The Morgan fingerprint density at radius 2 is 1.75 bits per heavy atom. The molecular weight excluding hydrogens is 488 g/mol. The van der Waals surface area contributed by atoms with Crippen molar-refractivity contribution in [3.8, 4) is 17.1 Å². The normalized spacial score (nSPS) is 13.5. The van der Waals surface area contributed by atoms with Gasteiger partial charge in [0.05, 0.1) is 37.2 Å². The van der Waals surface area contributed by atoms with Crippen molar-refractivity contribution in [2.24, 2.45) is 5.73 Å². The predicted molar refractivity (Wildman–Crippen MR) is 134 cm³/mol. The second-order valence-corrected chi connectivity index (χ2v) is 10.1. The number of hydrogen-bond acceptors (Lipinski definition) is 6. The summed E-state index contributed by atoms with van der Waals surface area (Å²) in [5, 5.41) is 9.64. The molecule has 3 rings (SSSR count). The minimum Gasteiger partial charge on any atom is -0.493 e. The van der Waals surface area contributed by atoms with Crippen molar-refractivity contribution in [2.45, 2.75) is 44.1 Å². The molecule has 3 aromatic rings. The summed E-state index contributed by atoms with van der Waals surface area (Å²) in [6.07, 6.45) is 5.98.